The molecule has 7 nitrogen and oxygen atoms in total. The maximum atomic E-state index is 12.5. The molecule has 3 aromatic rings. The van der Waals surface area contributed by atoms with Gasteiger partial charge in [0, 0.05) is 23.2 Å². The van der Waals surface area contributed by atoms with Gasteiger partial charge in [-0.2, -0.15) is 5.10 Å². The lowest BCUT2D eigenvalue weighted by molar-refractivity contribution is -0.141. The van der Waals surface area contributed by atoms with Crippen molar-refractivity contribution in [1.29, 1.82) is 0 Å². The SMILES string of the molecule is COC(=O)CC(c1oc(CSc2ccccc2)cc(=O)c1O)c1ccnn1C(C)C. The topological polar surface area (TPSA) is 94.6 Å². The van der Waals surface area contributed by atoms with Crippen LogP contribution in [-0.4, -0.2) is 28.0 Å². The number of rotatable bonds is 8. The van der Waals surface area contributed by atoms with Crippen molar-refractivity contribution in [3.05, 3.63) is 76.1 Å². The predicted molar refractivity (Wildman–Crippen MR) is 114 cm³/mol. The first-order valence-electron chi connectivity index (χ1n) is 9.54. The van der Waals surface area contributed by atoms with Gasteiger partial charge in [0.15, 0.2) is 5.76 Å². The summed E-state index contributed by atoms with van der Waals surface area (Å²) in [4.78, 5) is 25.6. The molecule has 1 atom stereocenters. The lowest BCUT2D eigenvalue weighted by Crippen LogP contribution is -2.18. The minimum absolute atomic E-state index is 0.0147. The molecule has 0 fully saturated rings. The molecule has 30 heavy (non-hydrogen) atoms. The van der Waals surface area contributed by atoms with E-state index in [2.05, 4.69) is 5.10 Å². The molecule has 0 bridgehead atoms. The van der Waals surface area contributed by atoms with Gasteiger partial charge in [-0.05, 0) is 32.0 Å². The van der Waals surface area contributed by atoms with Crippen molar-refractivity contribution in [3.8, 4) is 5.75 Å². The van der Waals surface area contributed by atoms with E-state index >= 15 is 0 Å². The molecule has 0 saturated carbocycles. The highest BCUT2D eigenvalue weighted by atomic mass is 32.2. The maximum absolute atomic E-state index is 12.5. The molecule has 0 radical (unpaired) electrons. The zero-order valence-electron chi connectivity index (χ0n) is 17.1. The van der Waals surface area contributed by atoms with Crippen LogP contribution < -0.4 is 5.43 Å². The van der Waals surface area contributed by atoms with Crippen LogP contribution in [0.25, 0.3) is 0 Å². The second-order valence-electron chi connectivity index (χ2n) is 7.02. The number of hydrogen-bond acceptors (Lipinski definition) is 7. The fourth-order valence-electron chi connectivity index (χ4n) is 3.15. The van der Waals surface area contributed by atoms with Gasteiger partial charge in [0.05, 0.1) is 30.9 Å². The van der Waals surface area contributed by atoms with E-state index in [9.17, 15) is 14.7 Å². The summed E-state index contributed by atoms with van der Waals surface area (Å²) in [7, 11) is 1.29. The van der Waals surface area contributed by atoms with Gasteiger partial charge >= 0.3 is 5.97 Å². The largest absolute Gasteiger partial charge is 0.502 e. The van der Waals surface area contributed by atoms with Crippen LogP contribution in [0.3, 0.4) is 0 Å². The summed E-state index contributed by atoms with van der Waals surface area (Å²) in [5.41, 5.74) is 0.104. The fraction of sp³-hybridized carbons (Fsp3) is 0.318. The summed E-state index contributed by atoms with van der Waals surface area (Å²) >= 11 is 1.51. The summed E-state index contributed by atoms with van der Waals surface area (Å²) in [6.45, 7) is 3.91. The number of thioether (sulfide) groups is 1. The number of methoxy groups -OCH3 is 1. The van der Waals surface area contributed by atoms with Gasteiger partial charge in [0.25, 0.3) is 0 Å². The molecule has 0 amide bonds. The third-order valence-electron chi connectivity index (χ3n) is 4.59. The lowest BCUT2D eigenvalue weighted by atomic mass is 9.96. The van der Waals surface area contributed by atoms with E-state index in [0.717, 1.165) is 4.90 Å². The Labute approximate surface area is 178 Å². The number of aromatic nitrogens is 2. The molecule has 158 valence electrons. The van der Waals surface area contributed by atoms with Crippen molar-refractivity contribution in [1.82, 2.24) is 9.78 Å². The molecule has 0 aliphatic carbocycles. The summed E-state index contributed by atoms with van der Waals surface area (Å²) in [6, 6.07) is 12.8. The minimum Gasteiger partial charge on any atom is -0.502 e. The first-order chi connectivity index (χ1) is 14.4. The van der Waals surface area contributed by atoms with E-state index in [-0.39, 0.29) is 18.2 Å². The van der Waals surface area contributed by atoms with Crippen molar-refractivity contribution in [2.24, 2.45) is 0 Å². The van der Waals surface area contributed by atoms with Gasteiger partial charge in [-0.3, -0.25) is 14.3 Å². The van der Waals surface area contributed by atoms with Crippen LogP contribution in [0.15, 0.2) is 62.8 Å². The standard InChI is InChI=1S/C22H24N2O5S/c1-14(2)24-18(9-10-23-24)17(12-20(26)28-3)22-21(27)19(25)11-15(29-22)13-30-16-7-5-4-6-8-16/h4-11,14,17,27H,12-13H2,1-3H3. The Kier molecular flexibility index (Phi) is 6.99. The molecule has 2 aromatic heterocycles. The van der Waals surface area contributed by atoms with Gasteiger partial charge in [-0.25, -0.2) is 0 Å². The van der Waals surface area contributed by atoms with Crippen LogP contribution in [0.4, 0.5) is 0 Å². The first kappa shape index (κ1) is 21.7. The van der Waals surface area contributed by atoms with Crippen molar-refractivity contribution in [2.45, 2.75) is 42.9 Å². The maximum Gasteiger partial charge on any atom is 0.306 e. The number of hydrogen-bond donors (Lipinski definition) is 1. The molecule has 0 saturated heterocycles. The van der Waals surface area contributed by atoms with E-state index in [1.54, 1.807) is 16.9 Å². The third kappa shape index (κ3) is 4.94. The monoisotopic (exact) mass is 428 g/mol. The predicted octanol–water partition coefficient (Wildman–Crippen LogP) is 4.11. The number of nitrogens with zero attached hydrogens (tertiary/aromatic N) is 2. The van der Waals surface area contributed by atoms with E-state index < -0.39 is 23.1 Å². The molecule has 2 heterocycles. The Morgan fingerprint density at radius 2 is 2.00 bits per heavy atom. The van der Waals surface area contributed by atoms with Crippen LogP contribution in [0, 0.1) is 0 Å². The van der Waals surface area contributed by atoms with Crippen molar-refractivity contribution < 1.29 is 19.1 Å². The number of aromatic hydroxyl groups is 1. The van der Waals surface area contributed by atoms with Crippen LogP contribution in [0.2, 0.25) is 0 Å². The Morgan fingerprint density at radius 1 is 1.27 bits per heavy atom. The Bertz CT molecular complexity index is 1060. The summed E-state index contributed by atoms with van der Waals surface area (Å²) in [6.07, 6.45) is 1.52. The summed E-state index contributed by atoms with van der Waals surface area (Å²) in [5.74, 6) is -0.847. The van der Waals surface area contributed by atoms with Gasteiger partial charge in [-0.15, -0.1) is 11.8 Å². The normalized spacial score (nSPS) is 12.1. The molecular formula is C22H24N2O5S. The van der Waals surface area contributed by atoms with Crippen LogP contribution in [-0.2, 0) is 15.3 Å². The number of ether oxygens (including phenoxy) is 1. The average Bonchev–Trinajstić information content (AvgIpc) is 3.23. The Hall–Kier alpha value is -3.00. The lowest BCUT2D eigenvalue weighted by Gasteiger charge is -2.20. The van der Waals surface area contributed by atoms with Gasteiger partial charge in [0.2, 0.25) is 11.2 Å². The molecule has 1 unspecified atom stereocenters. The zero-order chi connectivity index (χ0) is 21.7. The van der Waals surface area contributed by atoms with Crippen molar-refractivity contribution >= 4 is 17.7 Å². The molecule has 0 spiro atoms. The minimum atomic E-state index is -0.711. The number of esters is 1. The van der Waals surface area contributed by atoms with E-state index in [4.69, 9.17) is 9.15 Å². The molecule has 1 N–H and O–H groups in total. The van der Waals surface area contributed by atoms with Gasteiger partial charge in [0.1, 0.15) is 5.76 Å². The molecule has 0 aliphatic rings. The van der Waals surface area contributed by atoms with Gasteiger partial charge < -0.3 is 14.3 Å². The Morgan fingerprint density at radius 3 is 2.67 bits per heavy atom. The fourth-order valence-corrected chi connectivity index (χ4v) is 3.95. The summed E-state index contributed by atoms with van der Waals surface area (Å²) < 4.78 is 12.5. The molecule has 0 aliphatic heterocycles. The number of carbonyl (C=O) groups is 1. The highest BCUT2D eigenvalue weighted by Crippen LogP contribution is 2.35. The first-order valence-corrected chi connectivity index (χ1v) is 10.5. The second kappa shape index (κ2) is 9.67. The smallest absolute Gasteiger partial charge is 0.306 e. The van der Waals surface area contributed by atoms with E-state index in [1.807, 2.05) is 44.2 Å². The van der Waals surface area contributed by atoms with Crippen molar-refractivity contribution in [2.75, 3.05) is 7.11 Å². The second-order valence-corrected chi connectivity index (χ2v) is 8.07. The van der Waals surface area contributed by atoms with Crippen molar-refractivity contribution in [3.63, 3.8) is 0 Å². The number of benzene rings is 1. The van der Waals surface area contributed by atoms with Gasteiger partial charge in [-0.1, -0.05) is 18.2 Å². The Balaban J connectivity index is 2.01. The van der Waals surface area contributed by atoms with Crippen LogP contribution in [0.5, 0.6) is 5.75 Å². The zero-order valence-corrected chi connectivity index (χ0v) is 17.9. The van der Waals surface area contributed by atoms with E-state index in [0.29, 0.717) is 17.2 Å². The third-order valence-corrected chi connectivity index (χ3v) is 5.62. The van der Waals surface area contributed by atoms with Crippen LogP contribution in [0.1, 0.15) is 49.4 Å². The number of carbonyl (C=O) groups excluding carboxylic acids is 1. The highest BCUT2D eigenvalue weighted by molar-refractivity contribution is 7.98. The van der Waals surface area contributed by atoms with Crippen LogP contribution >= 0.6 is 11.8 Å². The molecule has 1 aromatic carbocycles. The molecule has 8 heteroatoms. The van der Waals surface area contributed by atoms with E-state index in [1.165, 1.54) is 24.9 Å². The molecular weight excluding hydrogens is 404 g/mol. The summed E-state index contributed by atoms with van der Waals surface area (Å²) in [5, 5.41) is 14.8. The molecule has 3 rings (SSSR count). The quantitative estimate of drug-likeness (QED) is 0.426. The average molecular weight is 429 g/mol. The highest BCUT2D eigenvalue weighted by Gasteiger charge is 2.29.